The molecule has 22 heavy (non-hydrogen) atoms. The number of phenols is 1. The minimum absolute atomic E-state index is 0.0201. The van der Waals surface area contributed by atoms with E-state index in [4.69, 9.17) is 11.6 Å². The second kappa shape index (κ2) is 6.07. The summed E-state index contributed by atoms with van der Waals surface area (Å²) < 4.78 is 0.787. The predicted octanol–water partition coefficient (Wildman–Crippen LogP) is 5.42. The molecule has 0 atom stereocenters. The Morgan fingerprint density at radius 2 is 2.00 bits per heavy atom. The van der Waals surface area contributed by atoms with Gasteiger partial charge in [-0.05, 0) is 43.3 Å². The van der Waals surface area contributed by atoms with Crippen molar-refractivity contribution in [1.82, 2.24) is 4.98 Å². The summed E-state index contributed by atoms with van der Waals surface area (Å²) in [6, 6.07) is 13.2. The summed E-state index contributed by atoms with van der Waals surface area (Å²) in [5.41, 5.74) is 3.26. The zero-order valence-corrected chi connectivity index (χ0v) is 14.1. The van der Waals surface area contributed by atoms with Crippen molar-refractivity contribution < 1.29 is 5.11 Å². The Hall–Kier alpha value is -1.91. The van der Waals surface area contributed by atoms with E-state index >= 15 is 0 Å². The Morgan fingerprint density at radius 3 is 2.82 bits per heavy atom. The third-order valence-corrected chi connectivity index (χ3v) is 3.97. The number of aromatic hydroxyl groups is 1. The molecule has 0 aliphatic rings. The Morgan fingerprint density at radius 1 is 1.18 bits per heavy atom. The van der Waals surface area contributed by atoms with Crippen molar-refractivity contribution >= 4 is 50.3 Å². The van der Waals surface area contributed by atoms with E-state index in [1.807, 2.05) is 37.3 Å². The van der Waals surface area contributed by atoms with Gasteiger partial charge < -0.3 is 5.11 Å². The first-order valence-corrected chi connectivity index (χ1v) is 7.79. The number of rotatable bonds is 2. The van der Waals surface area contributed by atoms with E-state index in [0.717, 1.165) is 26.8 Å². The van der Waals surface area contributed by atoms with E-state index in [1.165, 1.54) is 0 Å². The maximum atomic E-state index is 9.95. The first-order valence-electron chi connectivity index (χ1n) is 6.62. The molecule has 0 fully saturated rings. The van der Waals surface area contributed by atoms with Crippen molar-refractivity contribution in [1.29, 1.82) is 0 Å². The number of phenolic OH excluding ortho intramolecular Hbond substituents is 1. The van der Waals surface area contributed by atoms with Gasteiger partial charge in [-0.3, -0.25) is 9.98 Å². The Labute approximate surface area is 141 Å². The maximum absolute atomic E-state index is 9.95. The Bertz CT molecular complexity index is 893. The van der Waals surface area contributed by atoms with Gasteiger partial charge in [0.15, 0.2) is 0 Å². The molecule has 3 nitrogen and oxygen atoms in total. The molecule has 0 aliphatic carbocycles. The van der Waals surface area contributed by atoms with Gasteiger partial charge in [-0.1, -0.05) is 33.6 Å². The molecule has 1 heterocycles. The first-order chi connectivity index (χ1) is 10.5. The zero-order chi connectivity index (χ0) is 15.7. The number of nitrogens with zero attached hydrogens (tertiary/aromatic N) is 2. The molecule has 3 aromatic rings. The number of benzene rings is 2. The number of fused-ring (bicyclic) bond motifs is 1. The number of hydrogen-bond acceptors (Lipinski definition) is 3. The van der Waals surface area contributed by atoms with Crippen LogP contribution < -0.4 is 0 Å². The topological polar surface area (TPSA) is 45.5 Å². The third kappa shape index (κ3) is 3.13. The van der Waals surface area contributed by atoms with Gasteiger partial charge in [0.1, 0.15) is 5.75 Å². The van der Waals surface area contributed by atoms with Crippen LogP contribution in [0.2, 0.25) is 5.02 Å². The molecule has 5 heteroatoms. The van der Waals surface area contributed by atoms with Gasteiger partial charge in [0, 0.05) is 27.3 Å². The standard InChI is InChI=1S/C17H12BrClN2O/c1-10-2-3-11-7-14(4-5-16(11)21-10)20-9-12-6-13(18)8-15(19)17(12)22/h2-9,22H,1H3. The van der Waals surface area contributed by atoms with Crippen LogP contribution in [0.5, 0.6) is 5.75 Å². The minimum atomic E-state index is 0.0201. The van der Waals surface area contributed by atoms with Crippen molar-refractivity contribution in [3.8, 4) is 5.75 Å². The fourth-order valence-corrected chi connectivity index (χ4v) is 2.96. The monoisotopic (exact) mass is 374 g/mol. The van der Waals surface area contributed by atoms with Crippen molar-refractivity contribution in [3.63, 3.8) is 0 Å². The van der Waals surface area contributed by atoms with Gasteiger partial charge >= 0.3 is 0 Å². The summed E-state index contributed by atoms with van der Waals surface area (Å²) >= 11 is 9.29. The molecule has 0 saturated heterocycles. The van der Waals surface area contributed by atoms with Crippen LogP contribution in [0.25, 0.3) is 10.9 Å². The van der Waals surface area contributed by atoms with Gasteiger partial charge in [-0.2, -0.15) is 0 Å². The quantitative estimate of drug-likeness (QED) is 0.608. The summed E-state index contributed by atoms with van der Waals surface area (Å²) in [6.45, 7) is 1.96. The summed E-state index contributed by atoms with van der Waals surface area (Å²) in [7, 11) is 0. The van der Waals surface area contributed by atoms with Gasteiger partial charge in [-0.25, -0.2) is 0 Å². The first kappa shape index (κ1) is 15.0. The summed E-state index contributed by atoms with van der Waals surface area (Å²) in [6.07, 6.45) is 1.59. The van der Waals surface area contributed by atoms with Gasteiger partial charge in [0.05, 0.1) is 16.2 Å². The molecule has 3 rings (SSSR count). The zero-order valence-electron chi connectivity index (χ0n) is 11.7. The molecule has 0 bridgehead atoms. The maximum Gasteiger partial charge on any atom is 0.143 e. The van der Waals surface area contributed by atoms with E-state index in [9.17, 15) is 5.11 Å². The molecule has 2 aromatic carbocycles. The normalized spacial score (nSPS) is 11.4. The third-order valence-electron chi connectivity index (χ3n) is 3.22. The average Bonchev–Trinajstić information content (AvgIpc) is 2.49. The van der Waals surface area contributed by atoms with Crippen LogP contribution in [0.3, 0.4) is 0 Å². The van der Waals surface area contributed by atoms with Crippen molar-refractivity contribution in [2.24, 2.45) is 4.99 Å². The van der Waals surface area contributed by atoms with Crippen molar-refractivity contribution in [2.75, 3.05) is 0 Å². The van der Waals surface area contributed by atoms with Crippen LogP contribution in [0.4, 0.5) is 5.69 Å². The number of halogens is 2. The van der Waals surface area contributed by atoms with Gasteiger partial charge in [0.25, 0.3) is 0 Å². The highest BCUT2D eigenvalue weighted by Crippen LogP contribution is 2.30. The number of pyridine rings is 1. The molecule has 1 N–H and O–H groups in total. The minimum Gasteiger partial charge on any atom is -0.506 e. The largest absolute Gasteiger partial charge is 0.506 e. The van der Waals surface area contributed by atoms with E-state index in [-0.39, 0.29) is 10.8 Å². The lowest BCUT2D eigenvalue weighted by atomic mass is 10.2. The molecular weight excluding hydrogens is 364 g/mol. The Balaban J connectivity index is 1.97. The fourth-order valence-electron chi connectivity index (χ4n) is 2.12. The smallest absolute Gasteiger partial charge is 0.143 e. The molecule has 0 amide bonds. The summed E-state index contributed by atoms with van der Waals surface area (Å²) in [5.74, 6) is 0.0201. The summed E-state index contributed by atoms with van der Waals surface area (Å²) in [4.78, 5) is 8.86. The van der Waals surface area contributed by atoms with Crippen LogP contribution in [-0.2, 0) is 0 Å². The molecule has 0 aliphatic heterocycles. The lowest BCUT2D eigenvalue weighted by molar-refractivity contribution is 0.474. The van der Waals surface area contributed by atoms with Crippen LogP contribution in [0.15, 0.2) is 51.9 Å². The highest BCUT2D eigenvalue weighted by molar-refractivity contribution is 9.10. The number of hydrogen-bond donors (Lipinski definition) is 1. The van der Waals surface area contributed by atoms with Gasteiger partial charge in [-0.15, -0.1) is 0 Å². The lowest BCUT2D eigenvalue weighted by Crippen LogP contribution is -1.85. The number of aromatic nitrogens is 1. The molecule has 0 radical (unpaired) electrons. The van der Waals surface area contributed by atoms with Crippen molar-refractivity contribution in [2.45, 2.75) is 6.92 Å². The Kier molecular flexibility index (Phi) is 4.14. The van der Waals surface area contributed by atoms with Crippen LogP contribution in [0, 0.1) is 6.92 Å². The highest BCUT2D eigenvalue weighted by atomic mass is 79.9. The molecule has 0 spiro atoms. The molecule has 0 unspecified atom stereocenters. The number of aliphatic imine (C=N–C) groups is 1. The molecule has 110 valence electrons. The van der Waals surface area contributed by atoms with E-state index in [0.29, 0.717) is 5.56 Å². The second-order valence-electron chi connectivity index (χ2n) is 4.91. The van der Waals surface area contributed by atoms with Crippen molar-refractivity contribution in [3.05, 3.63) is 63.2 Å². The summed E-state index contributed by atoms with van der Waals surface area (Å²) in [5, 5.41) is 11.3. The van der Waals surface area contributed by atoms with Crippen LogP contribution in [-0.4, -0.2) is 16.3 Å². The lowest BCUT2D eigenvalue weighted by Gasteiger charge is -2.03. The highest BCUT2D eigenvalue weighted by Gasteiger charge is 2.05. The number of aryl methyl sites for hydroxylation is 1. The second-order valence-corrected chi connectivity index (χ2v) is 6.24. The fraction of sp³-hybridized carbons (Fsp3) is 0.0588. The average molecular weight is 376 g/mol. The van der Waals surface area contributed by atoms with E-state index in [1.54, 1.807) is 18.3 Å². The van der Waals surface area contributed by atoms with Gasteiger partial charge in [0.2, 0.25) is 0 Å². The molecular formula is C17H12BrClN2O. The van der Waals surface area contributed by atoms with Crippen LogP contribution in [0.1, 0.15) is 11.3 Å². The molecule has 0 saturated carbocycles. The van der Waals surface area contributed by atoms with Crippen LogP contribution >= 0.6 is 27.5 Å². The van der Waals surface area contributed by atoms with E-state index < -0.39 is 0 Å². The molecule has 1 aromatic heterocycles. The van der Waals surface area contributed by atoms with E-state index in [2.05, 4.69) is 25.9 Å². The SMILES string of the molecule is Cc1ccc2cc(N=Cc3cc(Br)cc(Cl)c3O)ccc2n1. The predicted molar refractivity (Wildman–Crippen MR) is 94.6 cm³/mol.